The fourth-order valence-electron chi connectivity index (χ4n) is 2.29. The van der Waals surface area contributed by atoms with E-state index < -0.39 is 27.5 Å². The molecule has 0 atom stereocenters. The minimum atomic E-state index is -5.01. The highest BCUT2D eigenvalue weighted by atomic mass is 35.5. The van der Waals surface area contributed by atoms with Crippen LogP contribution in [0, 0.1) is 5.41 Å². The minimum absolute atomic E-state index is 0.0810. The Morgan fingerprint density at radius 2 is 1.33 bits per heavy atom. The van der Waals surface area contributed by atoms with Crippen LogP contribution in [0.2, 0.25) is 0 Å². The second-order valence-corrected chi connectivity index (χ2v) is 9.80. The molecule has 0 aliphatic rings. The molecule has 0 saturated heterocycles. The number of halogens is 5. The maximum Gasteiger partial charge on any atom is 0.470 e. The zero-order valence-corrected chi connectivity index (χ0v) is 16.8. The van der Waals surface area contributed by atoms with Gasteiger partial charge in [-0.15, -0.1) is 11.6 Å². The van der Waals surface area contributed by atoms with E-state index in [2.05, 4.69) is 0 Å². The van der Waals surface area contributed by atoms with Crippen LogP contribution >= 0.6 is 65.8 Å². The summed E-state index contributed by atoms with van der Waals surface area (Å²) in [7, 11) is -5.01. The molecule has 2 N–H and O–H groups in total. The Morgan fingerprint density at radius 1 is 1.00 bits per heavy atom. The van der Waals surface area contributed by atoms with Gasteiger partial charge in [0, 0.05) is 11.3 Å². The van der Waals surface area contributed by atoms with Gasteiger partial charge in [-0.1, -0.05) is 74.1 Å². The first-order valence-electron chi connectivity index (χ1n) is 6.22. The Balaban J connectivity index is 6.59. The van der Waals surface area contributed by atoms with Gasteiger partial charge in [0.05, 0.1) is 0 Å². The maximum atomic E-state index is 11.5. The molecule has 0 rings (SSSR count). The second kappa shape index (κ2) is 7.21. The molecule has 0 bridgehead atoms. The van der Waals surface area contributed by atoms with Crippen LogP contribution in [0.3, 0.4) is 0 Å². The topological polar surface area (TPSA) is 66.8 Å². The first-order valence-corrected chi connectivity index (χ1v) is 9.79. The molecule has 0 heterocycles. The van der Waals surface area contributed by atoms with Crippen molar-refractivity contribution in [3.8, 4) is 0 Å². The monoisotopic (exact) mass is 422 g/mol. The summed E-state index contributed by atoms with van der Waals surface area (Å²) in [6, 6.07) is 0. The minimum Gasteiger partial charge on any atom is -0.303 e. The van der Waals surface area contributed by atoms with Crippen LogP contribution in [-0.2, 0) is 9.09 Å². The van der Waals surface area contributed by atoms with E-state index in [-0.39, 0.29) is 18.7 Å². The van der Waals surface area contributed by atoms with Crippen molar-refractivity contribution in [3.05, 3.63) is 0 Å². The summed E-state index contributed by atoms with van der Waals surface area (Å²) in [5.74, 6) is -0.0879. The molecule has 10 heteroatoms. The maximum absolute atomic E-state index is 11.5. The van der Waals surface area contributed by atoms with Crippen molar-refractivity contribution in [1.29, 1.82) is 0 Å². The van der Waals surface area contributed by atoms with Crippen LogP contribution in [-0.4, -0.2) is 29.9 Å². The van der Waals surface area contributed by atoms with Crippen molar-refractivity contribution in [2.24, 2.45) is 5.41 Å². The summed E-state index contributed by atoms with van der Waals surface area (Å²) in [6.45, 7) is 6.42. The van der Waals surface area contributed by atoms with Gasteiger partial charge in [-0.05, 0) is 12.8 Å². The van der Waals surface area contributed by atoms with Crippen molar-refractivity contribution >= 4 is 65.8 Å². The Morgan fingerprint density at radius 3 is 1.52 bits per heavy atom. The summed E-state index contributed by atoms with van der Waals surface area (Å²) >= 11 is 31.3. The summed E-state index contributed by atoms with van der Waals surface area (Å²) in [6.07, 6.45) is 0.162. The lowest BCUT2D eigenvalue weighted by atomic mass is 9.70. The van der Waals surface area contributed by atoms with Crippen LogP contribution in [0.15, 0.2) is 0 Å². The van der Waals surface area contributed by atoms with Gasteiger partial charge >= 0.3 is 7.82 Å². The predicted octanol–water partition coefficient (Wildman–Crippen LogP) is 5.27. The summed E-state index contributed by atoms with van der Waals surface area (Å²) in [4.78, 5) is 18.7. The van der Waals surface area contributed by atoms with E-state index in [1.807, 2.05) is 0 Å². The molecule has 0 radical (unpaired) electrons. The number of hydrogen-bond donors (Lipinski definition) is 2. The highest BCUT2D eigenvalue weighted by Crippen LogP contribution is 2.65. The van der Waals surface area contributed by atoms with E-state index in [0.717, 1.165) is 0 Å². The molecule has 0 aromatic carbocycles. The van der Waals surface area contributed by atoms with Gasteiger partial charge in [0.2, 0.25) is 0 Å². The highest BCUT2D eigenvalue weighted by molar-refractivity contribution is 7.46. The molecule has 128 valence electrons. The van der Waals surface area contributed by atoms with Crippen molar-refractivity contribution in [3.63, 3.8) is 0 Å². The fraction of sp³-hybridized carbons (Fsp3) is 1.00. The van der Waals surface area contributed by atoms with Gasteiger partial charge in [0.25, 0.3) is 0 Å². The summed E-state index contributed by atoms with van der Waals surface area (Å²) in [5, 5.41) is 0. The molecule has 0 aromatic heterocycles. The zero-order chi connectivity index (χ0) is 17.3. The lowest BCUT2D eigenvalue weighted by Gasteiger charge is -2.56. The van der Waals surface area contributed by atoms with E-state index in [1.54, 1.807) is 27.7 Å². The van der Waals surface area contributed by atoms with Gasteiger partial charge in [-0.3, -0.25) is 4.52 Å². The SMILES string of the molecule is CCC(Cl)(Cl)C(OP(=O)(O)O)(C(C)(C)CCl)C(Cl)(Cl)CC. The van der Waals surface area contributed by atoms with Crippen molar-refractivity contribution < 1.29 is 18.9 Å². The van der Waals surface area contributed by atoms with Gasteiger partial charge < -0.3 is 9.79 Å². The standard InChI is InChI=1S/C11H20Cl5O4P/c1-5-9(13,14)11(8(3,4)7-12,10(15,16)6-2)20-21(17,18)19/h5-7H2,1-4H3,(H2,17,18,19). The Labute approximate surface area is 150 Å². The summed E-state index contributed by atoms with van der Waals surface area (Å²) < 4.78 is 13.0. The molecule has 0 unspecified atom stereocenters. The Hall–Kier alpha value is 1.56. The van der Waals surface area contributed by atoms with Gasteiger partial charge in [0.15, 0.2) is 14.3 Å². The molecule has 4 nitrogen and oxygen atoms in total. The molecule has 0 aliphatic heterocycles. The number of phosphoric acid groups is 1. The van der Waals surface area contributed by atoms with Gasteiger partial charge in [0.1, 0.15) is 0 Å². The van der Waals surface area contributed by atoms with E-state index >= 15 is 0 Å². The number of alkyl halides is 5. The zero-order valence-electron chi connectivity index (χ0n) is 12.2. The second-order valence-electron chi connectivity index (χ2n) is 5.40. The average molecular weight is 425 g/mol. The van der Waals surface area contributed by atoms with E-state index in [0.29, 0.717) is 0 Å². The highest BCUT2D eigenvalue weighted by Gasteiger charge is 2.70. The fourth-order valence-corrected chi connectivity index (χ4v) is 5.62. The third-order valence-electron chi connectivity index (χ3n) is 3.46. The summed E-state index contributed by atoms with van der Waals surface area (Å²) in [5.41, 5.74) is -3.15. The first kappa shape index (κ1) is 22.6. The van der Waals surface area contributed by atoms with Crippen LogP contribution < -0.4 is 0 Å². The van der Waals surface area contributed by atoms with E-state index in [9.17, 15) is 14.4 Å². The first-order chi connectivity index (χ1) is 9.14. The molecular formula is C11H20Cl5O4P. The van der Waals surface area contributed by atoms with E-state index in [1.165, 1.54) is 0 Å². The van der Waals surface area contributed by atoms with E-state index in [4.69, 9.17) is 62.5 Å². The average Bonchev–Trinajstić information content (AvgIpc) is 2.33. The lowest BCUT2D eigenvalue weighted by Crippen LogP contribution is -2.68. The van der Waals surface area contributed by atoms with Crippen LogP contribution in [0.4, 0.5) is 0 Å². The van der Waals surface area contributed by atoms with Crippen molar-refractivity contribution in [1.82, 2.24) is 0 Å². The van der Waals surface area contributed by atoms with Gasteiger partial charge in [-0.25, -0.2) is 4.57 Å². The Bertz CT molecular complexity index is 367. The number of hydrogen-bond acceptors (Lipinski definition) is 2. The molecule has 0 saturated carbocycles. The van der Waals surface area contributed by atoms with Gasteiger partial charge in [-0.2, -0.15) is 0 Å². The molecular weight excluding hydrogens is 404 g/mol. The molecule has 0 fully saturated rings. The molecule has 21 heavy (non-hydrogen) atoms. The largest absolute Gasteiger partial charge is 0.470 e. The lowest BCUT2D eigenvalue weighted by molar-refractivity contribution is -0.0776. The predicted molar refractivity (Wildman–Crippen MR) is 89.8 cm³/mol. The normalized spacial score (nSPS) is 15.4. The van der Waals surface area contributed by atoms with Crippen molar-refractivity contribution in [2.75, 3.05) is 5.88 Å². The molecule has 0 aliphatic carbocycles. The third kappa shape index (κ3) is 4.35. The quantitative estimate of drug-likeness (QED) is 0.412. The third-order valence-corrected chi connectivity index (χ3v) is 6.77. The van der Waals surface area contributed by atoms with Crippen LogP contribution in [0.25, 0.3) is 0 Å². The van der Waals surface area contributed by atoms with Crippen LogP contribution in [0.1, 0.15) is 40.5 Å². The van der Waals surface area contributed by atoms with Crippen LogP contribution in [0.5, 0.6) is 0 Å². The van der Waals surface area contributed by atoms with Crippen molar-refractivity contribution in [2.45, 2.75) is 54.8 Å². The Kier molecular flexibility index (Phi) is 7.74. The number of phosphoric ester groups is 1. The molecule has 0 aromatic rings. The smallest absolute Gasteiger partial charge is 0.303 e. The molecule has 0 spiro atoms. The number of rotatable bonds is 8. The molecule has 0 amide bonds.